The molecule has 1 aliphatic rings. The minimum absolute atomic E-state index is 0.00236. The molecule has 0 aliphatic carbocycles. The summed E-state index contributed by atoms with van der Waals surface area (Å²) in [5, 5.41) is 0.830. The Labute approximate surface area is 89.0 Å². The standard InChI is InChI=1S/C11H14ClNO/c1-7(13)11-9-3-2-4-10(12)8(9)5-6-14-11/h2-4,7,11H,5-6,13H2,1H3. The summed E-state index contributed by atoms with van der Waals surface area (Å²) in [6.45, 7) is 2.67. The van der Waals surface area contributed by atoms with E-state index in [1.165, 1.54) is 5.56 Å². The van der Waals surface area contributed by atoms with Crippen molar-refractivity contribution < 1.29 is 4.74 Å². The second kappa shape index (κ2) is 3.89. The second-order valence-electron chi connectivity index (χ2n) is 3.71. The van der Waals surface area contributed by atoms with E-state index in [0.29, 0.717) is 6.61 Å². The lowest BCUT2D eigenvalue weighted by Gasteiger charge is -2.29. The summed E-state index contributed by atoms with van der Waals surface area (Å²) in [7, 11) is 0. The van der Waals surface area contributed by atoms with Crippen LogP contribution in [-0.2, 0) is 11.2 Å². The predicted octanol–water partition coefficient (Wildman–Crippen LogP) is 2.30. The van der Waals surface area contributed by atoms with Gasteiger partial charge in [-0.15, -0.1) is 0 Å². The summed E-state index contributed by atoms with van der Waals surface area (Å²) in [5.74, 6) is 0. The van der Waals surface area contributed by atoms with Crippen molar-refractivity contribution in [2.45, 2.75) is 25.5 Å². The molecule has 76 valence electrons. The fourth-order valence-corrected chi connectivity index (χ4v) is 2.19. The summed E-state index contributed by atoms with van der Waals surface area (Å²) >= 11 is 6.12. The number of fused-ring (bicyclic) bond motifs is 1. The van der Waals surface area contributed by atoms with Crippen LogP contribution in [0.1, 0.15) is 24.2 Å². The fraction of sp³-hybridized carbons (Fsp3) is 0.455. The van der Waals surface area contributed by atoms with Crippen LogP contribution in [-0.4, -0.2) is 12.6 Å². The summed E-state index contributed by atoms with van der Waals surface area (Å²) in [4.78, 5) is 0. The molecule has 2 atom stereocenters. The van der Waals surface area contributed by atoms with Gasteiger partial charge in [0.1, 0.15) is 0 Å². The Morgan fingerprint density at radius 2 is 2.36 bits per heavy atom. The van der Waals surface area contributed by atoms with Crippen molar-refractivity contribution >= 4 is 11.6 Å². The van der Waals surface area contributed by atoms with Crippen molar-refractivity contribution in [1.82, 2.24) is 0 Å². The third-order valence-electron chi connectivity index (χ3n) is 2.59. The van der Waals surface area contributed by atoms with E-state index in [-0.39, 0.29) is 12.1 Å². The van der Waals surface area contributed by atoms with Crippen LogP contribution in [0.5, 0.6) is 0 Å². The van der Waals surface area contributed by atoms with Gasteiger partial charge in [0.05, 0.1) is 12.7 Å². The van der Waals surface area contributed by atoms with Gasteiger partial charge in [-0.05, 0) is 30.5 Å². The molecule has 0 spiro atoms. The highest BCUT2D eigenvalue weighted by Crippen LogP contribution is 2.32. The molecule has 3 heteroatoms. The summed E-state index contributed by atoms with van der Waals surface area (Å²) in [5.41, 5.74) is 8.21. The zero-order chi connectivity index (χ0) is 10.1. The minimum atomic E-state index is -0.00236. The fourth-order valence-electron chi connectivity index (χ4n) is 1.92. The first-order valence-electron chi connectivity index (χ1n) is 4.84. The van der Waals surface area contributed by atoms with Crippen molar-refractivity contribution in [3.8, 4) is 0 Å². The van der Waals surface area contributed by atoms with Gasteiger partial charge in [-0.1, -0.05) is 23.7 Å². The molecule has 0 saturated heterocycles. The third kappa shape index (κ3) is 1.65. The molecule has 14 heavy (non-hydrogen) atoms. The lowest BCUT2D eigenvalue weighted by atomic mass is 9.94. The second-order valence-corrected chi connectivity index (χ2v) is 4.12. The average molecular weight is 212 g/mol. The molecule has 1 heterocycles. The SMILES string of the molecule is CC(N)C1OCCc2c(Cl)cccc21. The molecule has 0 amide bonds. The summed E-state index contributed by atoms with van der Waals surface area (Å²) in [6.07, 6.45) is 0.885. The molecule has 2 unspecified atom stereocenters. The normalized spacial score (nSPS) is 22.9. The van der Waals surface area contributed by atoms with Gasteiger partial charge < -0.3 is 10.5 Å². The Morgan fingerprint density at radius 3 is 3.07 bits per heavy atom. The summed E-state index contributed by atoms with van der Waals surface area (Å²) < 4.78 is 5.64. The maximum Gasteiger partial charge on any atom is 0.0976 e. The zero-order valence-corrected chi connectivity index (χ0v) is 8.92. The van der Waals surface area contributed by atoms with E-state index < -0.39 is 0 Å². The predicted molar refractivity (Wildman–Crippen MR) is 57.5 cm³/mol. The first kappa shape index (κ1) is 9.97. The van der Waals surface area contributed by atoms with Crippen molar-refractivity contribution in [3.63, 3.8) is 0 Å². The molecule has 0 fully saturated rings. The van der Waals surface area contributed by atoms with Gasteiger partial charge >= 0.3 is 0 Å². The van der Waals surface area contributed by atoms with Gasteiger partial charge in [-0.3, -0.25) is 0 Å². The smallest absolute Gasteiger partial charge is 0.0976 e. The van der Waals surface area contributed by atoms with Crippen LogP contribution in [0.4, 0.5) is 0 Å². The molecule has 1 aromatic rings. The van der Waals surface area contributed by atoms with Crippen LogP contribution >= 0.6 is 11.6 Å². The van der Waals surface area contributed by atoms with Crippen LogP contribution in [0.15, 0.2) is 18.2 Å². The maximum absolute atomic E-state index is 6.12. The molecule has 0 bridgehead atoms. The number of hydrogen-bond acceptors (Lipinski definition) is 2. The third-order valence-corrected chi connectivity index (χ3v) is 2.94. The average Bonchev–Trinajstić information content (AvgIpc) is 2.17. The van der Waals surface area contributed by atoms with Crippen LogP contribution < -0.4 is 5.73 Å². The Morgan fingerprint density at radius 1 is 1.57 bits per heavy atom. The first-order chi connectivity index (χ1) is 6.70. The van der Waals surface area contributed by atoms with E-state index in [9.17, 15) is 0 Å². The van der Waals surface area contributed by atoms with Crippen LogP contribution in [0.3, 0.4) is 0 Å². The van der Waals surface area contributed by atoms with Gasteiger partial charge in [0, 0.05) is 11.1 Å². The van der Waals surface area contributed by atoms with Crippen molar-refractivity contribution in [2.75, 3.05) is 6.61 Å². The number of rotatable bonds is 1. The number of ether oxygens (including phenoxy) is 1. The van der Waals surface area contributed by atoms with E-state index in [4.69, 9.17) is 22.1 Å². The van der Waals surface area contributed by atoms with Crippen LogP contribution in [0, 0.1) is 0 Å². The Hall–Kier alpha value is -0.570. The number of halogens is 1. The first-order valence-corrected chi connectivity index (χ1v) is 5.22. The number of nitrogens with two attached hydrogens (primary N) is 1. The highest BCUT2D eigenvalue weighted by Gasteiger charge is 2.24. The molecule has 2 nitrogen and oxygen atoms in total. The monoisotopic (exact) mass is 211 g/mol. The highest BCUT2D eigenvalue weighted by atomic mass is 35.5. The van der Waals surface area contributed by atoms with Crippen LogP contribution in [0.25, 0.3) is 0 Å². The molecular weight excluding hydrogens is 198 g/mol. The lowest BCUT2D eigenvalue weighted by molar-refractivity contribution is 0.0285. The van der Waals surface area contributed by atoms with E-state index in [2.05, 4.69) is 6.07 Å². The van der Waals surface area contributed by atoms with E-state index in [0.717, 1.165) is 17.0 Å². The topological polar surface area (TPSA) is 35.2 Å². The summed E-state index contributed by atoms with van der Waals surface area (Å²) in [6, 6.07) is 5.93. The molecule has 0 saturated carbocycles. The molecule has 1 aliphatic heterocycles. The molecule has 0 radical (unpaired) electrons. The molecule has 2 rings (SSSR count). The van der Waals surface area contributed by atoms with Crippen LogP contribution in [0.2, 0.25) is 5.02 Å². The Bertz CT molecular complexity index is 338. The lowest BCUT2D eigenvalue weighted by Crippen LogP contribution is -2.31. The van der Waals surface area contributed by atoms with Gasteiger partial charge in [-0.25, -0.2) is 0 Å². The highest BCUT2D eigenvalue weighted by molar-refractivity contribution is 6.31. The van der Waals surface area contributed by atoms with E-state index in [1.54, 1.807) is 0 Å². The zero-order valence-electron chi connectivity index (χ0n) is 8.16. The Balaban J connectivity index is 2.44. The van der Waals surface area contributed by atoms with E-state index in [1.807, 2.05) is 19.1 Å². The van der Waals surface area contributed by atoms with Gasteiger partial charge in [0.25, 0.3) is 0 Å². The van der Waals surface area contributed by atoms with Crippen molar-refractivity contribution in [3.05, 3.63) is 34.3 Å². The van der Waals surface area contributed by atoms with E-state index >= 15 is 0 Å². The molecule has 0 aromatic heterocycles. The van der Waals surface area contributed by atoms with Gasteiger partial charge in [0.2, 0.25) is 0 Å². The molecule has 1 aromatic carbocycles. The maximum atomic E-state index is 6.12. The quantitative estimate of drug-likeness (QED) is 0.774. The Kier molecular flexibility index (Phi) is 2.77. The van der Waals surface area contributed by atoms with Crippen molar-refractivity contribution in [1.29, 1.82) is 0 Å². The number of hydrogen-bond donors (Lipinski definition) is 1. The van der Waals surface area contributed by atoms with Gasteiger partial charge in [-0.2, -0.15) is 0 Å². The van der Waals surface area contributed by atoms with Crippen molar-refractivity contribution in [2.24, 2.45) is 5.73 Å². The number of benzene rings is 1. The molecule has 2 N–H and O–H groups in total. The molecular formula is C11H14ClNO. The minimum Gasteiger partial charge on any atom is -0.372 e. The largest absolute Gasteiger partial charge is 0.372 e. The van der Waals surface area contributed by atoms with Gasteiger partial charge in [0.15, 0.2) is 0 Å².